The van der Waals surface area contributed by atoms with Gasteiger partial charge in [-0.15, -0.1) is 10.2 Å². The van der Waals surface area contributed by atoms with E-state index >= 15 is 0 Å². The summed E-state index contributed by atoms with van der Waals surface area (Å²) in [5.74, 6) is 2.66. The van der Waals surface area contributed by atoms with Gasteiger partial charge in [0.05, 0.1) is 12.3 Å². The fraction of sp³-hybridized carbons (Fsp3) is 0.741. The molecule has 0 N–H and O–H groups in total. The fourth-order valence-electron chi connectivity index (χ4n) is 8.85. The Bertz CT molecular complexity index is 1040. The highest BCUT2D eigenvalue weighted by Crippen LogP contribution is 2.66. The normalized spacial score (nSPS) is 42.7. The van der Waals surface area contributed by atoms with Crippen molar-refractivity contribution in [1.82, 2.24) is 4.90 Å². The van der Waals surface area contributed by atoms with E-state index in [1.807, 2.05) is 7.05 Å². The summed E-state index contributed by atoms with van der Waals surface area (Å²) in [5.41, 5.74) is 2.62. The van der Waals surface area contributed by atoms with Gasteiger partial charge >= 0.3 is 5.97 Å². The second-order valence-electron chi connectivity index (χ2n) is 12.1. The van der Waals surface area contributed by atoms with E-state index in [0.29, 0.717) is 54.7 Å². The van der Waals surface area contributed by atoms with Crippen molar-refractivity contribution in [3.8, 4) is 0 Å². The number of ether oxygens (including phenoxy) is 1. The predicted molar refractivity (Wildman–Crippen MR) is 128 cm³/mol. The number of rotatable bonds is 3. The van der Waals surface area contributed by atoms with E-state index in [4.69, 9.17) is 4.74 Å². The largest absolute Gasteiger partial charge is 0.462 e. The zero-order chi connectivity index (χ0) is 23.7. The van der Waals surface area contributed by atoms with Gasteiger partial charge in [-0.3, -0.25) is 4.79 Å². The summed E-state index contributed by atoms with van der Waals surface area (Å²) in [6, 6.07) is 0.404. The van der Waals surface area contributed by atoms with Crippen LogP contribution in [0.25, 0.3) is 0 Å². The first-order valence-electron chi connectivity index (χ1n) is 13.1. The van der Waals surface area contributed by atoms with E-state index in [9.17, 15) is 9.59 Å². The van der Waals surface area contributed by atoms with E-state index in [1.54, 1.807) is 12.2 Å². The molecule has 1 amide bonds. The summed E-state index contributed by atoms with van der Waals surface area (Å²) >= 11 is 0. The van der Waals surface area contributed by atoms with Crippen LogP contribution < -0.4 is 0 Å². The van der Waals surface area contributed by atoms with E-state index in [2.05, 4.69) is 34.2 Å². The maximum Gasteiger partial charge on any atom is 0.334 e. The van der Waals surface area contributed by atoms with Crippen LogP contribution >= 0.6 is 0 Å². The molecule has 3 saturated carbocycles. The minimum atomic E-state index is -0.228. The monoisotopic (exact) mass is 464 g/mol. The lowest BCUT2D eigenvalue weighted by atomic mass is 9.47. The Balaban J connectivity index is 1.13. The van der Waals surface area contributed by atoms with Crippen LogP contribution in [0.15, 0.2) is 38.9 Å². The molecule has 0 aromatic carbocycles. The first-order valence-corrected chi connectivity index (χ1v) is 13.1. The van der Waals surface area contributed by atoms with Crippen LogP contribution in [0.3, 0.4) is 0 Å². The molecular formula is C27H36N4O3. The maximum absolute atomic E-state index is 12.8. The average molecular weight is 465 g/mol. The summed E-state index contributed by atoms with van der Waals surface area (Å²) in [6.07, 6.45) is 13.0. The highest BCUT2D eigenvalue weighted by Gasteiger charge is 2.61. The number of fused-ring (bicyclic) bond motifs is 6. The number of carbonyl (C=O) groups excluding carboxylic acids is 2. The Hall–Kier alpha value is -2.31. The zero-order valence-corrected chi connectivity index (χ0v) is 20.6. The number of hydrogen-bond donors (Lipinski definition) is 0. The van der Waals surface area contributed by atoms with E-state index in [1.165, 1.54) is 25.7 Å². The molecule has 6 aliphatic rings. The van der Waals surface area contributed by atoms with Crippen LogP contribution in [0.4, 0.5) is 0 Å². The summed E-state index contributed by atoms with van der Waals surface area (Å²) in [7, 11) is 2.03. The smallest absolute Gasteiger partial charge is 0.334 e. The lowest BCUT2D eigenvalue weighted by Gasteiger charge is -2.61. The Morgan fingerprint density at radius 2 is 1.91 bits per heavy atom. The Morgan fingerprint density at radius 1 is 1.09 bits per heavy atom. The Morgan fingerprint density at radius 3 is 2.76 bits per heavy atom. The molecule has 4 fully saturated rings. The molecule has 0 aromatic rings. The molecular weight excluding hydrogens is 428 g/mol. The molecule has 7 atom stereocenters. The summed E-state index contributed by atoms with van der Waals surface area (Å²) < 4.78 is 5.90. The van der Waals surface area contributed by atoms with Gasteiger partial charge < -0.3 is 9.64 Å². The molecule has 1 saturated heterocycles. The lowest BCUT2D eigenvalue weighted by Crippen LogP contribution is -2.61. The number of amides is 1. The number of nitrogens with zero attached hydrogens (tertiary/aromatic N) is 4. The van der Waals surface area contributed by atoms with Crippen LogP contribution in [-0.2, 0) is 14.3 Å². The molecule has 182 valence electrons. The number of carbonyl (C=O) groups is 2. The van der Waals surface area contributed by atoms with Gasteiger partial charge in [0.15, 0.2) is 0 Å². The van der Waals surface area contributed by atoms with Gasteiger partial charge in [0.2, 0.25) is 5.91 Å². The van der Waals surface area contributed by atoms with Gasteiger partial charge in [-0.2, -0.15) is 0 Å². The first-order chi connectivity index (χ1) is 16.3. The van der Waals surface area contributed by atoms with Crippen molar-refractivity contribution >= 4 is 17.6 Å². The standard InChI is InChI=1S/C27H36N4O3/c1-26-12-10-20-18(6-9-23-27(20,2)13-11-24(32)31(23)3)19(26)7-5-17(26)15-34-25(33)16-4-8-21-22(14-16)29-30-28-21/h4,8,17-20,23H,5-7,9-15H2,1-3H3/t17?,18-,19-,20-,23+,26+,27+/m0/s1. The van der Waals surface area contributed by atoms with Crippen LogP contribution in [-0.4, -0.2) is 42.2 Å². The SMILES string of the molecule is CN1C(=O)CC[C@]2(C)[C@H]3CC[C@]4(C)C(COC(=O)C5=CC=C6N=NN=C6C5)CC[C@H]4[C@@H]3CC[C@@H]12. The van der Waals surface area contributed by atoms with Crippen molar-refractivity contribution < 1.29 is 14.3 Å². The van der Waals surface area contributed by atoms with E-state index < -0.39 is 0 Å². The highest BCUT2D eigenvalue weighted by molar-refractivity contribution is 6.08. The first kappa shape index (κ1) is 22.2. The Kier molecular flexibility index (Phi) is 5.12. The van der Waals surface area contributed by atoms with Gasteiger partial charge in [0.25, 0.3) is 0 Å². The molecule has 0 aromatic heterocycles. The van der Waals surface area contributed by atoms with Gasteiger partial charge in [-0.1, -0.05) is 13.8 Å². The van der Waals surface area contributed by atoms with Gasteiger partial charge in [0, 0.05) is 31.5 Å². The molecule has 7 nitrogen and oxygen atoms in total. The maximum atomic E-state index is 12.8. The van der Waals surface area contributed by atoms with Crippen molar-refractivity contribution in [3.63, 3.8) is 0 Å². The minimum Gasteiger partial charge on any atom is -0.462 e. The third kappa shape index (κ3) is 3.18. The summed E-state index contributed by atoms with van der Waals surface area (Å²) in [6.45, 7) is 5.45. The molecule has 34 heavy (non-hydrogen) atoms. The molecule has 0 spiro atoms. The lowest BCUT2D eigenvalue weighted by molar-refractivity contribution is -0.160. The van der Waals surface area contributed by atoms with Gasteiger partial charge in [-0.25, -0.2) is 4.79 Å². The third-order valence-corrected chi connectivity index (χ3v) is 10.8. The number of piperidine rings is 1. The van der Waals surface area contributed by atoms with Crippen molar-refractivity contribution in [2.24, 2.45) is 49.9 Å². The second kappa shape index (κ2) is 7.85. The molecule has 2 aliphatic heterocycles. The zero-order valence-electron chi connectivity index (χ0n) is 20.6. The number of allylic oxidation sites excluding steroid dienone is 3. The second-order valence-corrected chi connectivity index (χ2v) is 12.1. The molecule has 7 heteroatoms. The fourth-order valence-corrected chi connectivity index (χ4v) is 8.85. The van der Waals surface area contributed by atoms with Crippen LogP contribution in [0.2, 0.25) is 0 Å². The third-order valence-electron chi connectivity index (χ3n) is 10.8. The van der Waals surface area contributed by atoms with E-state index in [-0.39, 0.29) is 16.8 Å². The summed E-state index contributed by atoms with van der Waals surface area (Å²) in [4.78, 5) is 27.3. The molecule has 0 radical (unpaired) electrons. The quantitative estimate of drug-likeness (QED) is 0.548. The number of hydrogen-bond acceptors (Lipinski definition) is 6. The van der Waals surface area contributed by atoms with Crippen LogP contribution in [0.1, 0.15) is 71.6 Å². The Labute approximate surface area is 201 Å². The number of likely N-dealkylation sites (tertiary alicyclic amines) is 1. The summed E-state index contributed by atoms with van der Waals surface area (Å²) in [5, 5.41) is 11.7. The van der Waals surface area contributed by atoms with Crippen LogP contribution in [0.5, 0.6) is 0 Å². The minimum absolute atomic E-state index is 0.228. The van der Waals surface area contributed by atoms with Crippen molar-refractivity contribution in [2.45, 2.75) is 77.7 Å². The van der Waals surface area contributed by atoms with Crippen molar-refractivity contribution in [1.29, 1.82) is 0 Å². The molecule has 0 bridgehead atoms. The van der Waals surface area contributed by atoms with Crippen molar-refractivity contribution in [3.05, 3.63) is 23.4 Å². The van der Waals surface area contributed by atoms with Crippen LogP contribution in [0, 0.1) is 34.5 Å². The molecule has 2 heterocycles. The number of esters is 1. The molecule has 1 unspecified atom stereocenters. The van der Waals surface area contributed by atoms with Gasteiger partial charge in [-0.05, 0) is 96.8 Å². The average Bonchev–Trinajstić information content (AvgIpc) is 3.43. The topological polar surface area (TPSA) is 83.7 Å². The predicted octanol–water partition coefficient (Wildman–Crippen LogP) is 5.05. The van der Waals surface area contributed by atoms with Gasteiger partial charge in [0.1, 0.15) is 5.70 Å². The molecule has 4 aliphatic carbocycles. The van der Waals surface area contributed by atoms with Crippen molar-refractivity contribution in [2.75, 3.05) is 13.7 Å². The highest BCUT2D eigenvalue weighted by atomic mass is 16.5. The van der Waals surface area contributed by atoms with E-state index in [0.717, 1.165) is 36.6 Å². The molecule has 6 rings (SSSR count).